The molecular weight excluding hydrogens is 424 g/mol. The van der Waals surface area contributed by atoms with Crippen molar-refractivity contribution in [2.75, 3.05) is 13.1 Å². The molecule has 5 heterocycles. The molecule has 1 atom stereocenters. The fourth-order valence-corrected chi connectivity index (χ4v) is 4.90. The summed E-state index contributed by atoms with van der Waals surface area (Å²) in [6.07, 6.45) is 5.23. The normalized spacial score (nSPS) is 15.7. The Balaban J connectivity index is 1.56. The molecule has 0 unspecified atom stereocenters. The van der Waals surface area contributed by atoms with Crippen molar-refractivity contribution in [3.05, 3.63) is 45.8 Å². The molecule has 1 saturated heterocycles. The third-order valence-electron chi connectivity index (χ3n) is 5.91. The number of hydrogen-bond acceptors (Lipinski definition) is 8. The molecule has 0 aromatic carbocycles. The SMILES string of the molecule is Cc1nc([C@@H](C)Oc2cc(-c3nnn(C4CCNCC4)c3C)cn3ncc(C#N)c23)cs1. The van der Waals surface area contributed by atoms with Crippen LogP contribution in [-0.4, -0.2) is 42.7 Å². The summed E-state index contributed by atoms with van der Waals surface area (Å²) in [4.78, 5) is 4.54. The number of aryl methyl sites for hydroxylation is 1. The number of nitrogens with zero attached hydrogens (tertiary/aromatic N) is 7. The van der Waals surface area contributed by atoms with Crippen molar-refractivity contribution in [2.45, 2.75) is 45.8 Å². The standard InChI is InChI=1S/C22H24N8OS/c1-13-21(27-28-30(13)18-4-6-24-7-5-18)16-8-20(22-17(9-23)10-25-29(22)11-16)31-14(2)19-12-32-15(3)26-19/h8,10-12,14,18,24H,4-7H2,1-3H3/t14-/m1/s1. The first kappa shape index (κ1) is 20.6. The second kappa shape index (κ2) is 8.33. The third-order valence-corrected chi connectivity index (χ3v) is 6.70. The van der Waals surface area contributed by atoms with Gasteiger partial charge in [-0.15, -0.1) is 16.4 Å². The molecule has 1 aliphatic rings. The predicted octanol–water partition coefficient (Wildman–Crippen LogP) is 3.60. The molecule has 0 amide bonds. The quantitative estimate of drug-likeness (QED) is 0.497. The Morgan fingerprint density at radius 2 is 2.12 bits per heavy atom. The van der Waals surface area contributed by atoms with Gasteiger partial charge in [0.05, 0.1) is 28.6 Å². The van der Waals surface area contributed by atoms with E-state index in [1.807, 2.05) is 43.1 Å². The largest absolute Gasteiger partial charge is 0.482 e. The van der Waals surface area contributed by atoms with Gasteiger partial charge in [0.2, 0.25) is 0 Å². The fraction of sp³-hybridized carbons (Fsp3) is 0.409. The molecule has 5 rings (SSSR count). The van der Waals surface area contributed by atoms with Crippen LogP contribution in [0.15, 0.2) is 23.8 Å². The van der Waals surface area contributed by atoms with E-state index < -0.39 is 0 Å². The zero-order chi connectivity index (χ0) is 22.2. The number of ether oxygens (including phenoxy) is 1. The molecule has 164 valence electrons. The molecule has 9 nitrogen and oxygen atoms in total. The van der Waals surface area contributed by atoms with E-state index in [0.717, 1.165) is 53.6 Å². The minimum Gasteiger partial charge on any atom is -0.482 e. The van der Waals surface area contributed by atoms with Crippen LogP contribution in [0.4, 0.5) is 0 Å². The van der Waals surface area contributed by atoms with E-state index in [-0.39, 0.29) is 6.10 Å². The first-order valence-corrected chi connectivity index (χ1v) is 11.6. The van der Waals surface area contributed by atoms with E-state index in [9.17, 15) is 5.26 Å². The van der Waals surface area contributed by atoms with Crippen LogP contribution in [0.5, 0.6) is 5.75 Å². The zero-order valence-electron chi connectivity index (χ0n) is 18.2. The molecule has 0 radical (unpaired) electrons. The van der Waals surface area contributed by atoms with E-state index in [4.69, 9.17) is 4.74 Å². The van der Waals surface area contributed by atoms with Gasteiger partial charge < -0.3 is 10.1 Å². The number of aromatic nitrogens is 6. The lowest BCUT2D eigenvalue weighted by molar-refractivity contribution is 0.224. The maximum absolute atomic E-state index is 9.58. The average molecular weight is 449 g/mol. The predicted molar refractivity (Wildman–Crippen MR) is 121 cm³/mol. The van der Waals surface area contributed by atoms with Crippen LogP contribution in [0.3, 0.4) is 0 Å². The Bertz CT molecular complexity index is 1310. The van der Waals surface area contributed by atoms with Crippen molar-refractivity contribution in [2.24, 2.45) is 0 Å². The van der Waals surface area contributed by atoms with Crippen molar-refractivity contribution in [3.63, 3.8) is 0 Å². The molecule has 32 heavy (non-hydrogen) atoms. The first-order valence-electron chi connectivity index (χ1n) is 10.7. The van der Waals surface area contributed by atoms with Gasteiger partial charge in [0, 0.05) is 17.1 Å². The number of nitriles is 1. The summed E-state index contributed by atoms with van der Waals surface area (Å²) < 4.78 is 10.0. The number of fused-ring (bicyclic) bond motifs is 1. The molecule has 10 heteroatoms. The summed E-state index contributed by atoms with van der Waals surface area (Å²) in [6, 6.07) is 4.49. The van der Waals surface area contributed by atoms with Crippen LogP contribution >= 0.6 is 11.3 Å². The molecule has 0 aliphatic carbocycles. The van der Waals surface area contributed by atoms with Crippen LogP contribution in [-0.2, 0) is 0 Å². The Kier molecular flexibility index (Phi) is 5.36. The van der Waals surface area contributed by atoms with Gasteiger partial charge >= 0.3 is 0 Å². The fourth-order valence-electron chi connectivity index (χ4n) is 4.21. The molecule has 4 aromatic rings. The van der Waals surface area contributed by atoms with Crippen LogP contribution in [0.1, 0.15) is 53.9 Å². The summed E-state index contributed by atoms with van der Waals surface area (Å²) in [7, 11) is 0. The van der Waals surface area contributed by atoms with Crippen LogP contribution in [0, 0.1) is 25.2 Å². The molecule has 1 aliphatic heterocycles. The number of piperidine rings is 1. The summed E-state index contributed by atoms with van der Waals surface area (Å²) in [5.74, 6) is 0.575. The second-order valence-corrected chi connectivity index (χ2v) is 9.12. The topological polar surface area (TPSA) is 106 Å². The second-order valence-electron chi connectivity index (χ2n) is 8.06. The Hall–Kier alpha value is -3.29. The molecule has 4 aromatic heterocycles. The summed E-state index contributed by atoms with van der Waals surface area (Å²) in [5.41, 5.74) is 4.61. The van der Waals surface area contributed by atoms with E-state index in [2.05, 4.69) is 31.8 Å². The summed E-state index contributed by atoms with van der Waals surface area (Å²) in [6.45, 7) is 7.95. The van der Waals surface area contributed by atoms with E-state index >= 15 is 0 Å². The highest BCUT2D eigenvalue weighted by Gasteiger charge is 2.23. The Morgan fingerprint density at radius 1 is 1.31 bits per heavy atom. The lowest BCUT2D eigenvalue weighted by Gasteiger charge is -2.23. The Labute approximate surface area is 189 Å². The van der Waals surface area contributed by atoms with Crippen molar-refractivity contribution in [1.82, 2.24) is 34.9 Å². The van der Waals surface area contributed by atoms with Crippen molar-refractivity contribution in [1.29, 1.82) is 5.26 Å². The summed E-state index contributed by atoms with van der Waals surface area (Å²) >= 11 is 1.59. The zero-order valence-corrected chi connectivity index (χ0v) is 19.1. The maximum atomic E-state index is 9.58. The summed E-state index contributed by atoms with van der Waals surface area (Å²) in [5, 5.41) is 29.3. The van der Waals surface area contributed by atoms with Crippen molar-refractivity contribution < 1.29 is 4.74 Å². The molecule has 0 saturated carbocycles. The lowest BCUT2D eigenvalue weighted by Crippen LogP contribution is -2.30. The van der Waals surface area contributed by atoms with Gasteiger partial charge in [-0.05, 0) is 52.8 Å². The van der Waals surface area contributed by atoms with Gasteiger partial charge in [-0.1, -0.05) is 5.21 Å². The third kappa shape index (κ3) is 3.63. The Morgan fingerprint density at radius 3 is 2.84 bits per heavy atom. The van der Waals surface area contributed by atoms with Gasteiger partial charge in [0.25, 0.3) is 0 Å². The molecular formula is C22H24N8OS. The maximum Gasteiger partial charge on any atom is 0.148 e. The van der Waals surface area contributed by atoms with Gasteiger partial charge in [0.15, 0.2) is 0 Å². The monoisotopic (exact) mass is 448 g/mol. The van der Waals surface area contributed by atoms with Gasteiger partial charge in [-0.2, -0.15) is 10.4 Å². The van der Waals surface area contributed by atoms with Crippen LogP contribution in [0.25, 0.3) is 16.8 Å². The molecule has 0 spiro atoms. The molecule has 1 fully saturated rings. The molecule has 0 bridgehead atoms. The highest BCUT2D eigenvalue weighted by molar-refractivity contribution is 7.09. The van der Waals surface area contributed by atoms with E-state index in [1.165, 1.54) is 0 Å². The number of rotatable bonds is 5. The minimum absolute atomic E-state index is 0.271. The molecule has 1 N–H and O–H groups in total. The lowest BCUT2D eigenvalue weighted by atomic mass is 10.1. The smallest absolute Gasteiger partial charge is 0.148 e. The van der Waals surface area contributed by atoms with E-state index in [0.29, 0.717) is 22.9 Å². The van der Waals surface area contributed by atoms with Crippen LogP contribution < -0.4 is 10.1 Å². The number of hydrogen-bond donors (Lipinski definition) is 1. The number of nitrogens with one attached hydrogen (secondary N) is 1. The van der Waals surface area contributed by atoms with Gasteiger partial charge in [-0.3, -0.25) is 0 Å². The highest BCUT2D eigenvalue weighted by atomic mass is 32.1. The average Bonchev–Trinajstić information content (AvgIpc) is 3.52. The van der Waals surface area contributed by atoms with Gasteiger partial charge in [-0.25, -0.2) is 14.2 Å². The van der Waals surface area contributed by atoms with Gasteiger partial charge in [0.1, 0.15) is 34.7 Å². The van der Waals surface area contributed by atoms with Crippen LogP contribution in [0.2, 0.25) is 0 Å². The first-order chi connectivity index (χ1) is 15.5. The minimum atomic E-state index is -0.271. The van der Waals surface area contributed by atoms with Crippen molar-refractivity contribution in [3.8, 4) is 23.1 Å². The van der Waals surface area contributed by atoms with Crippen molar-refractivity contribution >= 4 is 16.9 Å². The van der Waals surface area contributed by atoms with E-state index in [1.54, 1.807) is 22.0 Å². The number of thiazole rings is 1. The highest BCUT2D eigenvalue weighted by Crippen LogP contribution is 2.34. The number of pyridine rings is 1.